The lowest BCUT2D eigenvalue weighted by Gasteiger charge is -2.23. The lowest BCUT2D eigenvalue weighted by molar-refractivity contribution is -0.385. The van der Waals surface area contributed by atoms with E-state index in [0.29, 0.717) is 25.5 Å². The van der Waals surface area contributed by atoms with Gasteiger partial charge in [0.15, 0.2) is 0 Å². The number of ether oxygens (including phenoxy) is 1. The van der Waals surface area contributed by atoms with Crippen molar-refractivity contribution in [1.82, 2.24) is 10.3 Å². The maximum absolute atomic E-state index is 12.3. The van der Waals surface area contributed by atoms with Crippen LogP contribution in [0, 0.1) is 10.1 Å². The van der Waals surface area contributed by atoms with Gasteiger partial charge in [0.05, 0.1) is 17.1 Å². The third-order valence-corrected chi connectivity index (χ3v) is 3.21. The second-order valence-electron chi connectivity index (χ2n) is 4.91. The van der Waals surface area contributed by atoms with Gasteiger partial charge in [-0.2, -0.15) is 0 Å². The molecule has 1 amide bonds. The number of pyridine rings is 1. The van der Waals surface area contributed by atoms with Gasteiger partial charge in [-0.15, -0.1) is 0 Å². The highest BCUT2D eigenvalue weighted by Crippen LogP contribution is 2.23. The van der Waals surface area contributed by atoms with Crippen LogP contribution in [0.4, 0.5) is 11.5 Å². The Balaban J connectivity index is 2.29. The Morgan fingerprint density at radius 1 is 1.60 bits per heavy atom. The molecule has 1 aromatic rings. The smallest absolute Gasteiger partial charge is 0.300 e. The van der Waals surface area contributed by atoms with Crippen molar-refractivity contribution in [2.45, 2.75) is 18.9 Å². The fraction of sp³-hybridized carbons (Fsp3) is 0.500. The molecule has 1 saturated heterocycles. The van der Waals surface area contributed by atoms with Crippen molar-refractivity contribution in [3.8, 4) is 0 Å². The molecule has 1 unspecified atom stereocenters. The highest BCUT2D eigenvalue weighted by Gasteiger charge is 2.33. The summed E-state index contributed by atoms with van der Waals surface area (Å²) in [5, 5.41) is 16.5. The number of carbonyl (C=O) groups is 1. The van der Waals surface area contributed by atoms with Crippen molar-refractivity contribution in [1.29, 1.82) is 0 Å². The molecule has 1 aliphatic rings. The van der Waals surface area contributed by atoms with Gasteiger partial charge in [-0.1, -0.05) is 0 Å². The molecule has 1 atom stereocenters. The van der Waals surface area contributed by atoms with Gasteiger partial charge in [-0.05, 0) is 13.3 Å². The van der Waals surface area contributed by atoms with Gasteiger partial charge in [0.2, 0.25) is 0 Å². The van der Waals surface area contributed by atoms with Crippen LogP contribution in [0.5, 0.6) is 0 Å². The average Bonchev–Trinajstić information content (AvgIpc) is 2.84. The monoisotopic (exact) mass is 280 g/mol. The van der Waals surface area contributed by atoms with Gasteiger partial charge in [0, 0.05) is 19.7 Å². The van der Waals surface area contributed by atoms with E-state index >= 15 is 0 Å². The summed E-state index contributed by atoms with van der Waals surface area (Å²) in [4.78, 5) is 26.5. The summed E-state index contributed by atoms with van der Waals surface area (Å²) in [5.41, 5.74) is -0.819. The number of anilines is 1. The molecule has 1 aromatic heterocycles. The van der Waals surface area contributed by atoms with Crippen molar-refractivity contribution in [3.63, 3.8) is 0 Å². The normalized spacial score (nSPS) is 21.5. The molecule has 2 N–H and O–H groups in total. The van der Waals surface area contributed by atoms with Gasteiger partial charge < -0.3 is 15.4 Å². The summed E-state index contributed by atoms with van der Waals surface area (Å²) in [7, 11) is 1.63. The fourth-order valence-electron chi connectivity index (χ4n) is 2.02. The molecule has 1 fully saturated rings. The number of nitro groups is 1. The lowest BCUT2D eigenvalue weighted by Crippen LogP contribution is -2.46. The number of carbonyl (C=O) groups excluding carboxylic acids is 1. The maximum atomic E-state index is 12.3. The van der Waals surface area contributed by atoms with Gasteiger partial charge in [-0.25, -0.2) is 4.98 Å². The number of aromatic nitrogens is 1. The topological polar surface area (TPSA) is 106 Å². The predicted octanol–water partition coefficient (Wildman–Crippen LogP) is 0.940. The van der Waals surface area contributed by atoms with Crippen LogP contribution in [0.3, 0.4) is 0 Å². The third-order valence-electron chi connectivity index (χ3n) is 3.21. The second-order valence-corrected chi connectivity index (χ2v) is 4.91. The van der Waals surface area contributed by atoms with E-state index in [0.717, 1.165) is 6.20 Å². The van der Waals surface area contributed by atoms with E-state index in [1.54, 1.807) is 7.05 Å². The highest BCUT2D eigenvalue weighted by molar-refractivity contribution is 5.99. The summed E-state index contributed by atoms with van der Waals surface area (Å²) in [6, 6.07) is 1.37. The van der Waals surface area contributed by atoms with E-state index in [1.807, 2.05) is 6.92 Å². The molecular formula is C12H16N4O4. The van der Waals surface area contributed by atoms with Crippen LogP contribution < -0.4 is 10.6 Å². The first-order chi connectivity index (χ1) is 9.45. The maximum Gasteiger partial charge on any atom is 0.300 e. The molecule has 0 aromatic carbocycles. The molecular weight excluding hydrogens is 264 g/mol. The van der Waals surface area contributed by atoms with Crippen LogP contribution in [-0.2, 0) is 4.74 Å². The fourth-order valence-corrected chi connectivity index (χ4v) is 2.02. The number of hydrogen-bond donors (Lipinski definition) is 2. The Kier molecular flexibility index (Phi) is 3.84. The first kappa shape index (κ1) is 14.2. The zero-order chi connectivity index (χ0) is 14.8. The molecule has 8 heteroatoms. The van der Waals surface area contributed by atoms with E-state index in [2.05, 4.69) is 15.6 Å². The minimum atomic E-state index is -0.616. The largest absolute Gasteiger partial charge is 0.379 e. The first-order valence-corrected chi connectivity index (χ1v) is 6.18. The highest BCUT2D eigenvalue weighted by atomic mass is 16.6. The van der Waals surface area contributed by atoms with Crippen LogP contribution in [0.15, 0.2) is 12.3 Å². The quantitative estimate of drug-likeness (QED) is 0.628. The Bertz CT molecular complexity index is 540. The van der Waals surface area contributed by atoms with Crippen molar-refractivity contribution >= 4 is 17.4 Å². The van der Waals surface area contributed by atoms with E-state index in [1.165, 1.54) is 6.07 Å². The molecule has 2 rings (SSSR count). The van der Waals surface area contributed by atoms with E-state index in [-0.39, 0.29) is 11.3 Å². The van der Waals surface area contributed by atoms with Crippen molar-refractivity contribution in [3.05, 3.63) is 27.9 Å². The number of nitrogens with zero attached hydrogens (tertiary/aromatic N) is 2. The minimum absolute atomic E-state index is 0.0116. The van der Waals surface area contributed by atoms with Crippen LogP contribution >= 0.6 is 0 Å². The van der Waals surface area contributed by atoms with E-state index < -0.39 is 16.4 Å². The number of nitrogens with one attached hydrogen (secondary N) is 2. The summed E-state index contributed by atoms with van der Waals surface area (Å²) in [6.07, 6.45) is 1.75. The molecule has 0 bridgehead atoms. The Morgan fingerprint density at radius 2 is 2.35 bits per heavy atom. The second kappa shape index (κ2) is 5.41. The summed E-state index contributed by atoms with van der Waals surface area (Å²) in [6.45, 7) is 2.82. The Hall–Kier alpha value is -2.22. The van der Waals surface area contributed by atoms with Crippen LogP contribution in [0.2, 0.25) is 0 Å². The Labute approximate surface area is 115 Å². The SMILES string of the molecule is CNc1cc(C(=O)NC2(C)CCOC2)c([N+](=O)[O-])cn1. The molecule has 0 saturated carbocycles. The molecule has 20 heavy (non-hydrogen) atoms. The van der Waals surface area contributed by atoms with Gasteiger partial charge in [-0.3, -0.25) is 14.9 Å². The number of hydrogen-bond acceptors (Lipinski definition) is 6. The van der Waals surface area contributed by atoms with Gasteiger partial charge in [0.25, 0.3) is 11.6 Å². The summed E-state index contributed by atoms with van der Waals surface area (Å²) in [5.74, 6) is -0.0998. The molecule has 8 nitrogen and oxygen atoms in total. The number of rotatable bonds is 4. The summed E-state index contributed by atoms with van der Waals surface area (Å²) < 4.78 is 5.25. The zero-order valence-corrected chi connectivity index (χ0v) is 11.3. The molecule has 0 aliphatic carbocycles. The lowest BCUT2D eigenvalue weighted by atomic mass is 10.0. The predicted molar refractivity (Wildman–Crippen MR) is 71.7 cm³/mol. The van der Waals surface area contributed by atoms with Gasteiger partial charge in [0.1, 0.15) is 17.6 Å². The molecule has 108 valence electrons. The minimum Gasteiger partial charge on any atom is -0.379 e. The Morgan fingerprint density at radius 3 is 2.90 bits per heavy atom. The third kappa shape index (κ3) is 2.85. The standard InChI is InChI=1S/C12H16N4O4/c1-12(3-4-20-7-12)15-11(17)8-5-10(13-2)14-6-9(8)16(18)19/h5-6H,3-4,7H2,1-2H3,(H,13,14)(H,15,17). The van der Waals surface area contributed by atoms with Crippen molar-refractivity contribution in [2.24, 2.45) is 0 Å². The number of amides is 1. The van der Waals surface area contributed by atoms with E-state index in [9.17, 15) is 14.9 Å². The first-order valence-electron chi connectivity index (χ1n) is 6.18. The summed E-state index contributed by atoms with van der Waals surface area (Å²) >= 11 is 0. The zero-order valence-electron chi connectivity index (χ0n) is 11.3. The average molecular weight is 280 g/mol. The van der Waals surface area contributed by atoms with Crippen LogP contribution in [0.1, 0.15) is 23.7 Å². The van der Waals surface area contributed by atoms with Crippen molar-refractivity contribution in [2.75, 3.05) is 25.6 Å². The van der Waals surface area contributed by atoms with Crippen LogP contribution in [-0.4, -0.2) is 41.6 Å². The molecule has 2 heterocycles. The molecule has 0 spiro atoms. The van der Waals surface area contributed by atoms with Crippen LogP contribution in [0.25, 0.3) is 0 Å². The molecule has 0 radical (unpaired) electrons. The van der Waals surface area contributed by atoms with E-state index in [4.69, 9.17) is 4.74 Å². The van der Waals surface area contributed by atoms with Crippen molar-refractivity contribution < 1.29 is 14.5 Å². The molecule has 1 aliphatic heterocycles. The van der Waals surface area contributed by atoms with Gasteiger partial charge >= 0.3 is 0 Å².